The van der Waals surface area contributed by atoms with Gasteiger partial charge in [0.1, 0.15) is 5.69 Å². The molecular weight excluding hydrogens is 256 g/mol. The first kappa shape index (κ1) is 14.5. The molecule has 0 saturated heterocycles. The lowest BCUT2D eigenvalue weighted by molar-refractivity contribution is -0.144. The van der Waals surface area contributed by atoms with Gasteiger partial charge in [0.2, 0.25) is 6.29 Å². The van der Waals surface area contributed by atoms with Gasteiger partial charge in [-0.15, -0.1) is 5.10 Å². The summed E-state index contributed by atoms with van der Waals surface area (Å²) in [7, 11) is 0. The van der Waals surface area contributed by atoms with E-state index in [-0.39, 0.29) is 0 Å². The van der Waals surface area contributed by atoms with Gasteiger partial charge in [0.25, 0.3) is 0 Å². The number of rotatable bonds is 7. The molecule has 0 saturated carbocycles. The predicted molar refractivity (Wildman–Crippen MR) is 76.0 cm³/mol. The lowest BCUT2D eigenvalue weighted by atomic mass is 10.2. The number of ether oxygens (including phenoxy) is 2. The van der Waals surface area contributed by atoms with Gasteiger partial charge in [-0.25, -0.2) is 4.68 Å². The zero-order valence-electron chi connectivity index (χ0n) is 11.8. The molecule has 2 N–H and O–H groups in total. The highest BCUT2D eigenvalue weighted by Gasteiger charge is 2.18. The Morgan fingerprint density at radius 2 is 1.90 bits per heavy atom. The molecule has 20 heavy (non-hydrogen) atoms. The molecule has 108 valence electrons. The fourth-order valence-electron chi connectivity index (χ4n) is 1.93. The molecule has 1 aromatic heterocycles. The van der Waals surface area contributed by atoms with Crippen LogP contribution < -0.4 is 5.73 Å². The highest BCUT2D eigenvalue weighted by atomic mass is 16.7. The monoisotopic (exact) mass is 276 g/mol. The van der Waals surface area contributed by atoms with Gasteiger partial charge < -0.3 is 15.2 Å². The van der Waals surface area contributed by atoms with Crippen molar-refractivity contribution in [2.24, 2.45) is 0 Å². The highest BCUT2D eigenvalue weighted by molar-refractivity contribution is 5.46. The number of benzene rings is 1. The van der Waals surface area contributed by atoms with Crippen LogP contribution in [-0.4, -0.2) is 28.2 Å². The molecule has 1 heterocycles. The molecule has 0 spiro atoms. The maximum Gasteiger partial charge on any atom is 0.202 e. The van der Waals surface area contributed by atoms with E-state index in [0.29, 0.717) is 19.8 Å². The van der Waals surface area contributed by atoms with E-state index in [1.165, 1.54) is 0 Å². The molecule has 0 aliphatic rings. The van der Waals surface area contributed by atoms with E-state index in [2.05, 4.69) is 10.3 Å². The van der Waals surface area contributed by atoms with Gasteiger partial charge in [-0.3, -0.25) is 0 Å². The molecule has 6 heteroatoms. The summed E-state index contributed by atoms with van der Waals surface area (Å²) in [6.07, 6.45) is 1.21. The molecule has 0 aliphatic carbocycles. The van der Waals surface area contributed by atoms with Crippen LogP contribution >= 0.6 is 0 Å². The third-order valence-electron chi connectivity index (χ3n) is 2.90. The topological polar surface area (TPSA) is 75.2 Å². The van der Waals surface area contributed by atoms with Gasteiger partial charge in [0.05, 0.1) is 12.7 Å². The largest absolute Gasteiger partial charge is 0.398 e. The van der Waals surface area contributed by atoms with Crippen molar-refractivity contribution in [1.29, 1.82) is 0 Å². The average Bonchev–Trinajstić information content (AvgIpc) is 2.89. The minimum atomic E-state index is -0.454. The number of hydrogen-bond acceptors (Lipinski definition) is 5. The van der Waals surface area contributed by atoms with Crippen molar-refractivity contribution >= 4 is 5.69 Å². The molecule has 0 radical (unpaired) electrons. The van der Waals surface area contributed by atoms with Crippen molar-refractivity contribution in [1.82, 2.24) is 15.0 Å². The predicted octanol–water partition coefficient (Wildman–Crippen LogP) is 1.98. The Kier molecular flexibility index (Phi) is 5.09. The normalized spacial score (nSPS) is 11.2. The van der Waals surface area contributed by atoms with Crippen LogP contribution in [0.25, 0.3) is 0 Å². The fraction of sp³-hybridized carbons (Fsp3) is 0.429. The lowest BCUT2D eigenvalue weighted by Crippen LogP contribution is -2.16. The van der Waals surface area contributed by atoms with Crippen LogP contribution in [0.15, 0.2) is 30.5 Å². The Morgan fingerprint density at radius 3 is 2.55 bits per heavy atom. The molecule has 2 rings (SSSR count). The Morgan fingerprint density at radius 1 is 1.20 bits per heavy atom. The zero-order valence-corrected chi connectivity index (χ0v) is 11.8. The quantitative estimate of drug-likeness (QED) is 0.618. The van der Waals surface area contributed by atoms with Crippen LogP contribution in [0.4, 0.5) is 5.69 Å². The Hall–Kier alpha value is -1.92. The molecule has 0 unspecified atom stereocenters. The second kappa shape index (κ2) is 7.02. The Bertz CT molecular complexity index is 535. The highest BCUT2D eigenvalue weighted by Crippen LogP contribution is 2.20. The van der Waals surface area contributed by atoms with Gasteiger partial charge >= 0.3 is 0 Å². The van der Waals surface area contributed by atoms with Crippen LogP contribution in [-0.2, 0) is 16.0 Å². The first-order valence-electron chi connectivity index (χ1n) is 6.71. The fourth-order valence-corrected chi connectivity index (χ4v) is 1.93. The molecular formula is C14H20N4O2. The van der Waals surface area contributed by atoms with Crippen molar-refractivity contribution in [3.8, 4) is 0 Å². The van der Waals surface area contributed by atoms with Crippen LogP contribution in [0.2, 0.25) is 0 Å². The van der Waals surface area contributed by atoms with E-state index in [1.807, 2.05) is 38.1 Å². The number of hydrogen-bond donors (Lipinski definition) is 1. The minimum absolute atomic E-state index is 0.454. The van der Waals surface area contributed by atoms with E-state index in [4.69, 9.17) is 15.2 Å². The summed E-state index contributed by atoms with van der Waals surface area (Å²) >= 11 is 0. The van der Waals surface area contributed by atoms with Crippen LogP contribution in [0, 0.1) is 0 Å². The van der Waals surface area contributed by atoms with Crippen molar-refractivity contribution in [3.05, 3.63) is 41.7 Å². The maximum atomic E-state index is 5.96. The molecule has 0 atom stereocenters. The molecule has 6 nitrogen and oxygen atoms in total. The molecule has 0 amide bonds. The molecule has 0 bridgehead atoms. The summed E-state index contributed by atoms with van der Waals surface area (Å²) in [5, 5.41) is 8.03. The van der Waals surface area contributed by atoms with Gasteiger partial charge in [-0.2, -0.15) is 0 Å². The average molecular weight is 276 g/mol. The lowest BCUT2D eigenvalue weighted by Gasteiger charge is -2.17. The van der Waals surface area contributed by atoms with Crippen molar-refractivity contribution in [2.45, 2.75) is 26.7 Å². The number of para-hydroxylation sites is 1. The molecule has 0 aliphatic heterocycles. The number of nitrogens with two attached hydrogens (primary N) is 1. The van der Waals surface area contributed by atoms with Gasteiger partial charge in [-0.1, -0.05) is 23.4 Å². The summed E-state index contributed by atoms with van der Waals surface area (Å²) in [4.78, 5) is 0. The van der Waals surface area contributed by atoms with Gasteiger partial charge in [0.15, 0.2) is 0 Å². The molecule has 2 aromatic rings. The van der Waals surface area contributed by atoms with Gasteiger partial charge in [0, 0.05) is 18.9 Å². The zero-order chi connectivity index (χ0) is 14.4. The van der Waals surface area contributed by atoms with E-state index in [0.717, 1.165) is 16.9 Å². The summed E-state index contributed by atoms with van der Waals surface area (Å²) in [6, 6.07) is 7.70. The first-order valence-corrected chi connectivity index (χ1v) is 6.71. The number of aromatic nitrogens is 3. The number of anilines is 1. The van der Waals surface area contributed by atoms with Crippen LogP contribution in [0.1, 0.15) is 31.4 Å². The van der Waals surface area contributed by atoms with Gasteiger partial charge in [-0.05, 0) is 25.5 Å². The van der Waals surface area contributed by atoms with Crippen LogP contribution in [0.5, 0.6) is 0 Å². The van der Waals surface area contributed by atoms with E-state index < -0.39 is 6.29 Å². The van der Waals surface area contributed by atoms with Crippen molar-refractivity contribution in [2.75, 3.05) is 18.9 Å². The minimum Gasteiger partial charge on any atom is -0.398 e. The summed E-state index contributed by atoms with van der Waals surface area (Å²) < 4.78 is 12.9. The number of nitrogen functional groups attached to an aromatic ring is 1. The Balaban J connectivity index is 2.21. The van der Waals surface area contributed by atoms with E-state index in [1.54, 1.807) is 10.9 Å². The maximum absolute atomic E-state index is 5.96. The third kappa shape index (κ3) is 3.34. The summed E-state index contributed by atoms with van der Waals surface area (Å²) in [5.74, 6) is 0. The summed E-state index contributed by atoms with van der Waals surface area (Å²) in [5.41, 5.74) is 8.47. The van der Waals surface area contributed by atoms with E-state index >= 15 is 0 Å². The smallest absolute Gasteiger partial charge is 0.202 e. The standard InChI is InChI=1S/C14H20N4O2/c1-3-19-14(20-4-2)13-9-16-17-18(13)10-11-7-5-6-8-12(11)15/h5-9,14H,3-4,10,15H2,1-2H3. The van der Waals surface area contributed by atoms with Crippen LogP contribution in [0.3, 0.4) is 0 Å². The van der Waals surface area contributed by atoms with E-state index in [9.17, 15) is 0 Å². The molecule has 0 fully saturated rings. The van der Waals surface area contributed by atoms with Crippen molar-refractivity contribution < 1.29 is 9.47 Å². The Labute approximate surface area is 118 Å². The third-order valence-corrected chi connectivity index (χ3v) is 2.90. The second-order valence-electron chi connectivity index (χ2n) is 4.26. The van der Waals surface area contributed by atoms with Crippen molar-refractivity contribution in [3.63, 3.8) is 0 Å². The molecule has 1 aromatic carbocycles. The first-order chi connectivity index (χ1) is 9.76. The summed E-state index contributed by atoms with van der Waals surface area (Å²) in [6.45, 7) is 5.51. The second-order valence-corrected chi connectivity index (χ2v) is 4.26. The number of nitrogens with zero attached hydrogens (tertiary/aromatic N) is 3. The SMILES string of the molecule is CCOC(OCC)c1cnnn1Cc1ccccc1N.